The van der Waals surface area contributed by atoms with E-state index in [0.29, 0.717) is 36.3 Å². The van der Waals surface area contributed by atoms with Gasteiger partial charge in [-0.25, -0.2) is 9.78 Å². The first-order valence-corrected chi connectivity index (χ1v) is 16.0. The van der Waals surface area contributed by atoms with Crippen molar-refractivity contribution in [3.63, 3.8) is 0 Å². The Morgan fingerprint density at radius 1 is 1.35 bits per heavy atom. The fourth-order valence-corrected chi connectivity index (χ4v) is 5.64. The number of nitrogens with two attached hydrogens (primary N) is 1. The second-order valence-corrected chi connectivity index (χ2v) is 16.4. The lowest BCUT2D eigenvalue weighted by atomic mass is 9.84. The van der Waals surface area contributed by atoms with Crippen LogP contribution in [0.1, 0.15) is 65.5 Å². The molecule has 11 heteroatoms. The van der Waals surface area contributed by atoms with Crippen molar-refractivity contribution in [2.75, 3.05) is 18.9 Å². The van der Waals surface area contributed by atoms with Crippen LogP contribution in [0.25, 0.3) is 11.0 Å². The van der Waals surface area contributed by atoms with Gasteiger partial charge in [0.1, 0.15) is 17.7 Å². The number of rotatable bonds is 11. The van der Waals surface area contributed by atoms with Gasteiger partial charge in [-0.3, -0.25) is 0 Å². The van der Waals surface area contributed by atoms with Crippen molar-refractivity contribution in [3.05, 3.63) is 17.5 Å². The summed E-state index contributed by atoms with van der Waals surface area (Å²) in [5, 5.41) is 9.44. The molecule has 1 saturated heterocycles. The van der Waals surface area contributed by atoms with Gasteiger partial charge in [0, 0.05) is 12.1 Å². The molecule has 1 fully saturated rings. The number of halogens is 1. The number of hydrogen-bond donors (Lipinski definition) is 2. The summed E-state index contributed by atoms with van der Waals surface area (Å²) in [6.45, 7) is 11.6. The number of nitrogens with zero attached hydrogens (tertiary/aromatic N) is 3. The molecule has 0 unspecified atom stereocenters. The van der Waals surface area contributed by atoms with Crippen molar-refractivity contribution in [1.29, 1.82) is 0 Å². The second kappa shape index (κ2) is 11.6. The van der Waals surface area contributed by atoms with Crippen molar-refractivity contribution in [1.82, 2.24) is 14.5 Å². The van der Waals surface area contributed by atoms with E-state index < -0.39 is 20.1 Å². The topological polar surface area (TPSA) is 122 Å². The van der Waals surface area contributed by atoms with Crippen molar-refractivity contribution in [2.24, 2.45) is 5.92 Å². The average molecular weight is 551 g/mol. The molecule has 0 saturated carbocycles. The third-order valence-electron chi connectivity index (χ3n) is 7.75. The molecule has 0 aliphatic carbocycles. The molecule has 0 aromatic carbocycles. The van der Waals surface area contributed by atoms with E-state index in [9.17, 15) is 4.79 Å². The summed E-state index contributed by atoms with van der Waals surface area (Å²) in [4.78, 5) is 19.0. The van der Waals surface area contributed by atoms with E-state index in [-0.39, 0.29) is 29.1 Å². The number of unbranched alkanes of at least 4 members (excludes halogenated alkanes) is 3. The zero-order valence-corrected chi connectivity index (χ0v) is 24.2. The smallest absolute Gasteiger partial charge is 0.450 e. The Labute approximate surface area is 225 Å². The SMILES string of the molecule is C#C[C@]1(CO[Si](C)(C)C(C)(C)C)O[C@@H](n2ccc3c(N)nc(Cl)nc32)C[C@@H]1CCCCCCOC(=O)O. The number of anilines is 1. The molecule has 0 spiro atoms. The van der Waals surface area contributed by atoms with Gasteiger partial charge in [-0.15, -0.1) is 6.42 Å². The fourth-order valence-electron chi connectivity index (χ4n) is 4.46. The third kappa shape index (κ3) is 6.76. The van der Waals surface area contributed by atoms with Gasteiger partial charge in [0.15, 0.2) is 13.9 Å². The van der Waals surface area contributed by atoms with E-state index in [1.807, 2.05) is 16.8 Å². The molecule has 3 N–H and O–H groups in total. The van der Waals surface area contributed by atoms with Gasteiger partial charge in [0.25, 0.3) is 0 Å². The molecule has 0 amide bonds. The highest BCUT2D eigenvalue weighted by Gasteiger charge is 2.50. The summed E-state index contributed by atoms with van der Waals surface area (Å²) < 4.78 is 19.8. The van der Waals surface area contributed by atoms with Gasteiger partial charge < -0.3 is 29.3 Å². The minimum Gasteiger partial charge on any atom is -0.450 e. The lowest BCUT2D eigenvalue weighted by Crippen LogP contribution is -2.48. The third-order valence-corrected chi connectivity index (χ3v) is 12.4. The van der Waals surface area contributed by atoms with Crippen LogP contribution in [0.5, 0.6) is 0 Å². The molecule has 204 valence electrons. The molecular weight excluding hydrogens is 512 g/mol. The van der Waals surface area contributed by atoms with E-state index in [1.165, 1.54) is 0 Å². The van der Waals surface area contributed by atoms with Crippen LogP contribution in [0, 0.1) is 18.3 Å². The number of fused-ring (bicyclic) bond motifs is 1. The molecule has 37 heavy (non-hydrogen) atoms. The van der Waals surface area contributed by atoms with Crippen molar-refractivity contribution in [3.8, 4) is 12.3 Å². The molecule has 1 aliphatic heterocycles. The molecule has 0 bridgehead atoms. The fraction of sp³-hybridized carbons (Fsp3) is 0.654. The maximum Gasteiger partial charge on any atom is 0.505 e. The van der Waals surface area contributed by atoms with Gasteiger partial charge in [0.05, 0.1) is 18.6 Å². The van der Waals surface area contributed by atoms with E-state index in [2.05, 4.69) is 54.5 Å². The van der Waals surface area contributed by atoms with Crippen molar-refractivity contribution in [2.45, 2.75) is 89.3 Å². The van der Waals surface area contributed by atoms with Crippen LogP contribution in [0.15, 0.2) is 12.3 Å². The van der Waals surface area contributed by atoms with Crippen LogP contribution in [-0.2, 0) is 13.9 Å². The molecule has 1 aliphatic rings. The monoisotopic (exact) mass is 550 g/mol. The normalized spacial score (nSPS) is 22.3. The first-order valence-electron chi connectivity index (χ1n) is 12.7. The van der Waals surface area contributed by atoms with Crippen LogP contribution >= 0.6 is 11.6 Å². The zero-order valence-electron chi connectivity index (χ0n) is 22.4. The summed E-state index contributed by atoms with van der Waals surface area (Å²) in [5.74, 6) is 3.36. The highest BCUT2D eigenvalue weighted by atomic mass is 35.5. The highest BCUT2D eigenvalue weighted by Crippen LogP contribution is 2.46. The van der Waals surface area contributed by atoms with Gasteiger partial charge >= 0.3 is 6.16 Å². The predicted molar refractivity (Wildman–Crippen MR) is 147 cm³/mol. The maximum absolute atomic E-state index is 10.5. The average Bonchev–Trinajstić information content (AvgIpc) is 3.38. The molecule has 2 aromatic heterocycles. The Morgan fingerprint density at radius 2 is 2.05 bits per heavy atom. The van der Waals surface area contributed by atoms with Gasteiger partial charge in [-0.2, -0.15) is 4.98 Å². The Kier molecular flexibility index (Phi) is 9.17. The van der Waals surface area contributed by atoms with E-state index in [4.69, 9.17) is 38.0 Å². The first-order chi connectivity index (χ1) is 17.3. The minimum absolute atomic E-state index is 0.0378. The molecule has 3 atom stereocenters. The Hall–Kier alpha value is -2.32. The van der Waals surface area contributed by atoms with Gasteiger partial charge in [-0.1, -0.05) is 46.0 Å². The quantitative estimate of drug-likeness (QED) is 0.111. The molecule has 9 nitrogen and oxygen atoms in total. The summed E-state index contributed by atoms with van der Waals surface area (Å²) in [5.41, 5.74) is 5.79. The van der Waals surface area contributed by atoms with Crippen molar-refractivity contribution < 1.29 is 23.8 Å². The van der Waals surface area contributed by atoms with Gasteiger partial charge in [0.2, 0.25) is 5.28 Å². The minimum atomic E-state index is -2.07. The maximum atomic E-state index is 10.5. The molecule has 3 heterocycles. The van der Waals surface area contributed by atoms with Crippen LogP contribution < -0.4 is 5.73 Å². The standard InChI is InChI=1S/C26H39ClN4O5Si/c1-7-26(17-35-37(5,6)25(2,3)4)18(12-10-8-9-11-15-34-24(32)33)16-20(36-26)31-14-13-19-21(28)29-23(27)30-22(19)31/h1,13-14,18,20H,8-12,15-17H2,2-6H3,(H,32,33)(H2,28,29,30)/t18-,20+,26+/m0/s1. The summed E-state index contributed by atoms with van der Waals surface area (Å²) >= 11 is 6.11. The number of carbonyl (C=O) groups is 1. The molecular formula is C26H39ClN4O5Si. The molecule has 0 radical (unpaired) electrons. The largest absolute Gasteiger partial charge is 0.505 e. The number of terminal acetylenes is 1. The van der Waals surface area contributed by atoms with Crippen LogP contribution in [0.2, 0.25) is 23.4 Å². The molecule has 3 rings (SSSR count). The van der Waals surface area contributed by atoms with Crippen molar-refractivity contribution >= 4 is 42.9 Å². The number of ether oxygens (including phenoxy) is 2. The predicted octanol–water partition coefficient (Wildman–Crippen LogP) is 6.24. The zero-order chi connectivity index (χ0) is 27.4. The van der Waals surface area contributed by atoms with Crippen LogP contribution in [-0.4, -0.2) is 52.9 Å². The molecule has 2 aromatic rings. The van der Waals surface area contributed by atoms with Crippen LogP contribution in [0.3, 0.4) is 0 Å². The van der Waals surface area contributed by atoms with E-state index >= 15 is 0 Å². The lowest BCUT2D eigenvalue weighted by molar-refractivity contribution is -0.0713. The first kappa shape index (κ1) is 29.2. The van der Waals surface area contributed by atoms with Gasteiger partial charge in [-0.05, 0) is 55.1 Å². The summed E-state index contributed by atoms with van der Waals surface area (Å²) in [7, 11) is -2.07. The second-order valence-electron chi connectivity index (χ2n) is 11.2. The lowest BCUT2D eigenvalue weighted by Gasteiger charge is -2.39. The number of nitrogen functional groups attached to an aromatic ring is 1. The summed E-state index contributed by atoms with van der Waals surface area (Å²) in [6, 6.07) is 1.86. The summed E-state index contributed by atoms with van der Waals surface area (Å²) in [6.07, 6.45) is 11.5. The Bertz CT molecular complexity index is 1140. The highest BCUT2D eigenvalue weighted by molar-refractivity contribution is 6.74. The Balaban J connectivity index is 1.79. The van der Waals surface area contributed by atoms with E-state index in [0.717, 1.165) is 25.7 Å². The number of aromatic nitrogens is 3. The van der Waals surface area contributed by atoms with E-state index in [1.54, 1.807) is 0 Å². The Morgan fingerprint density at radius 3 is 2.70 bits per heavy atom. The van der Waals surface area contributed by atoms with Crippen LogP contribution in [0.4, 0.5) is 10.6 Å². The number of carboxylic acid groups (broad SMARTS) is 1. The number of hydrogen-bond acceptors (Lipinski definition) is 7.